The number of nitrogens with two attached hydrogens (primary N) is 1. The van der Waals surface area contributed by atoms with E-state index >= 15 is 0 Å². The van der Waals surface area contributed by atoms with Crippen molar-refractivity contribution in [3.8, 4) is 0 Å². The quantitative estimate of drug-likeness (QED) is 0.666. The Balaban J connectivity index is 2.00. The van der Waals surface area contributed by atoms with Crippen molar-refractivity contribution in [3.05, 3.63) is 17.0 Å². The lowest BCUT2D eigenvalue weighted by molar-refractivity contribution is 0.456. The van der Waals surface area contributed by atoms with Crippen LogP contribution in [0.25, 0.3) is 0 Å². The standard InChI is InChI=1S/C12H19N3O2S3/c1-2-20(16,17)11-4-3-10(19-11)9-14-12(13)15-5-7-18-8-6-15/h3-4H,2,5-9H2,1H3,(H2,13,14). The highest BCUT2D eigenvalue weighted by atomic mass is 32.2. The van der Waals surface area contributed by atoms with Crippen molar-refractivity contribution in [1.29, 1.82) is 0 Å². The average molecular weight is 334 g/mol. The lowest BCUT2D eigenvalue weighted by Crippen LogP contribution is -2.42. The Morgan fingerprint density at radius 2 is 2.10 bits per heavy atom. The molecule has 0 atom stereocenters. The first-order chi connectivity index (χ1) is 9.53. The fourth-order valence-electron chi connectivity index (χ4n) is 1.80. The van der Waals surface area contributed by atoms with Crippen molar-refractivity contribution in [2.24, 2.45) is 10.7 Å². The van der Waals surface area contributed by atoms with Crippen LogP contribution in [0.5, 0.6) is 0 Å². The largest absolute Gasteiger partial charge is 0.370 e. The molecule has 2 rings (SSSR count). The number of sulfone groups is 1. The molecule has 1 aliphatic heterocycles. The zero-order valence-corrected chi connectivity index (χ0v) is 13.9. The van der Waals surface area contributed by atoms with E-state index in [9.17, 15) is 8.42 Å². The smallest absolute Gasteiger partial charge is 0.191 e. The Labute approximate surface area is 128 Å². The van der Waals surface area contributed by atoms with Gasteiger partial charge in [-0.1, -0.05) is 6.92 Å². The van der Waals surface area contributed by atoms with Crippen molar-refractivity contribution in [2.45, 2.75) is 17.7 Å². The van der Waals surface area contributed by atoms with Gasteiger partial charge in [0.2, 0.25) is 0 Å². The van der Waals surface area contributed by atoms with E-state index < -0.39 is 9.84 Å². The zero-order chi connectivity index (χ0) is 14.6. The molecule has 1 saturated heterocycles. The van der Waals surface area contributed by atoms with Crippen molar-refractivity contribution in [2.75, 3.05) is 30.3 Å². The number of nitrogens with zero attached hydrogens (tertiary/aromatic N) is 2. The van der Waals surface area contributed by atoms with E-state index in [2.05, 4.69) is 9.89 Å². The second-order valence-electron chi connectivity index (χ2n) is 4.40. The van der Waals surface area contributed by atoms with Crippen LogP contribution in [0.3, 0.4) is 0 Å². The summed E-state index contributed by atoms with van der Waals surface area (Å²) in [5, 5.41) is 0. The molecule has 0 aliphatic carbocycles. The normalized spacial score (nSPS) is 17.4. The van der Waals surface area contributed by atoms with E-state index in [1.807, 2.05) is 17.8 Å². The van der Waals surface area contributed by atoms with Crippen LogP contribution in [0, 0.1) is 0 Å². The molecule has 0 saturated carbocycles. The monoisotopic (exact) mass is 333 g/mol. The maximum atomic E-state index is 11.7. The summed E-state index contributed by atoms with van der Waals surface area (Å²) in [5.41, 5.74) is 5.97. The molecule has 1 fully saturated rings. The van der Waals surface area contributed by atoms with Gasteiger partial charge >= 0.3 is 0 Å². The summed E-state index contributed by atoms with van der Waals surface area (Å²) in [5.74, 6) is 2.84. The fraction of sp³-hybridized carbons (Fsp3) is 0.583. The molecular formula is C12H19N3O2S3. The van der Waals surface area contributed by atoms with Crippen LogP contribution in [0.1, 0.15) is 11.8 Å². The van der Waals surface area contributed by atoms with Crippen LogP contribution in [0.2, 0.25) is 0 Å². The van der Waals surface area contributed by atoms with Gasteiger partial charge in [-0.3, -0.25) is 0 Å². The summed E-state index contributed by atoms with van der Waals surface area (Å²) >= 11 is 3.20. The number of thiophene rings is 1. The minimum atomic E-state index is -3.11. The zero-order valence-electron chi connectivity index (χ0n) is 11.4. The molecule has 8 heteroatoms. The number of hydrogen-bond donors (Lipinski definition) is 1. The molecule has 2 heterocycles. The van der Waals surface area contributed by atoms with Gasteiger partial charge < -0.3 is 10.6 Å². The van der Waals surface area contributed by atoms with Gasteiger partial charge in [0.05, 0.1) is 12.3 Å². The topological polar surface area (TPSA) is 75.8 Å². The molecule has 0 spiro atoms. The van der Waals surface area contributed by atoms with Crippen molar-refractivity contribution < 1.29 is 8.42 Å². The maximum absolute atomic E-state index is 11.7. The number of guanidine groups is 1. The van der Waals surface area contributed by atoms with Crippen LogP contribution in [-0.4, -0.2) is 49.6 Å². The minimum Gasteiger partial charge on any atom is -0.370 e. The van der Waals surface area contributed by atoms with Crippen LogP contribution < -0.4 is 5.73 Å². The molecule has 0 radical (unpaired) electrons. The molecule has 0 unspecified atom stereocenters. The van der Waals surface area contributed by atoms with Gasteiger partial charge in [-0.25, -0.2) is 13.4 Å². The minimum absolute atomic E-state index is 0.129. The summed E-state index contributed by atoms with van der Waals surface area (Å²) in [6.45, 7) is 3.96. The summed E-state index contributed by atoms with van der Waals surface area (Å²) in [6.07, 6.45) is 0. The van der Waals surface area contributed by atoms with Gasteiger partial charge in [-0.15, -0.1) is 11.3 Å². The first-order valence-electron chi connectivity index (χ1n) is 6.47. The SMILES string of the molecule is CCS(=O)(=O)c1ccc(CN=C(N)N2CCSCC2)s1. The van der Waals surface area contributed by atoms with Gasteiger partial charge in [0.15, 0.2) is 15.8 Å². The average Bonchev–Trinajstić information content (AvgIpc) is 2.95. The predicted molar refractivity (Wildman–Crippen MR) is 86.3 cm³/mol. The summed E-state index contributed by atoms with van der Waals surface area (Å²) in [4.78, 5) is 7.37. The molecule has 1 aliphatic rings. The first-order valence-corrected chi connectivity index (χ1v) is 10.1. The molecule has 20 heavy (non-hydrogen) atoms. The van der Waals surface area contributed by atoms with Gasteiger partial charge in [0.1, 0.15) is 4.21 Å². The molecule has 112 valence electrons. The number of hydrogen-bond acceptors (Lipinski definition) is 5. The lowest BCUT2D eigenvalue weighted by Gasteiger charge is -2.27. The highest BCUT2D eigenvalue weighted by molar-refractivity contribution is 7.99. The molecule has 1 aromatic heterocycles. The Kier molecular flexibility index (Phi) is 5.34. The van der Waals surface area contributed by atoms with Gasteiger partial charge in [0.25, 0.3) is 0 Å². The fourth-order valence-corrected chi connectivity index (χ4v) is 5.11. The lowest BCUT2D eigenvalue weighted by atomic mass is 10.5. The second-order valence-corrected chi connectivity index (χ2v) is 9.30. The Bertz CT molecular complexity index is 575. The Morgan fingerprint density at radius 3 is 2.75 bits per heavy atom. The number of thioether (sulfide) groups is 1. The van der Waals surface area contributed by atoms with Crippen LogP contribution in [0.4, 0.5) is 0 Å². The third-order valence-corrected chi connectivity index (χ3v) is 7.38. The van der Waals surface area contributed by atoms with E-state index in [-0.39, 0.29) is 5.75 Å². The third-order valence-electron chi connectivity index (χ3n) is 3.06. The van der Waals surface area contributed by atoms with Gasteiger partial charge in [-0.2, -0.15) is 11.8 Å². The van der Waals surface area contributed by atoms with Crippen molar-refractivity contribution in [1.82, 2.24) is 4.90 Å². The van der Waals surface area contributed by atoms with Crippen molar-refractivity contribution >= 4 is 38.9 Å². The summed E-state index contributed by atoms with van der Waals surface area (Å²) in [7, 11) is -3.11. The molecule has 5 nitrogen and oxygen atoms in total. The molecule has 0 aromatic carbocycles. The van der Waals surface area contributed by atoms with E-state index in [0.29, 0.717) is 16.7 Å². The number of aliphatic imine (C=N–C) groups is 1. The Hall–Kier alpha value is -0.730. The molecule has 0 amide bonds. The van der Waals surface area contributed by atoms with Gasteiger partial charge in [0, 0.05) is 29.5 Å². The van der Waals surface area contributed by atoms with Crippen LogP contribution in [-0.2, 0) is 16.4 Å². The highest BCUT2D eigenvalue weighted by Gasteiger charge is 2.15. The third kappa shape index (κ3) is 3.89. The van der Waals surface area contributed by atoms with Gasteiger partial charge in [-0.05, 0) is 12.1 Å². The molecule has 2 N–H and O–H groups in total. The molecule has 1 aromatic rings. The predicted octanol–water partition coefficient (Wildman–Crippen LogP) is 1.41. The highest BCUT2D eigenvalue weighted by Crippen LogP contribution is 2.23. The van der Waals surface area contributed by atoms with E-state index in [1.54, 1.807) is 13.0 Å². The maximum Gasteiger partial charge on any atom is 0.191 e. The van der Waals surface area contributed by atoms with Crippen LogP contribution >= 0.6 is 23.1 Å². The summed E-state index contributed by atoms with van der Waals surface area (Å²) in [6, 6.07) is 3.47. The molecular weight excluding hydrogens is 314 g/mol. The van der Waals surface area contributed by atoms with Crippen molar-refractivity contribution in [3.63, 3.8) is 0 Å². The molecule has 0 bridgehead atoms. The number of rotatable bonds is 4. The van der Waals surface area contributed by atoms with E-state index in [0.717, 1.165) is 29.5 Å². The Morgan fingerprint density at radius 1 is 1.40 bits per heavy atom. The van der Waals surface area contributed by atoms with E-state index in [4.69, 9.17) is 5.73 Å². The first kappa shape index (κ1) is 15.7. The van der Waals surface area contributed by atoms with Crippen LogP contribution in [0.15, 0.2) is 21.3 Å². The second kappa shape index (κ2) is 6.82. The summed E-state index contributed by atoms with van der Waals surface area (Å²) < 4.78 is 23.9. The van der Waals surface area contributed by atoms with E-state index in [1.165, 1.54) is 11.3 Å².